The number of nitrogens with zero attached hydrogens (tertiary/aromatic N) is 3. The molecule has 0 radical (unpaired) electrons. The number of carbonyl (C=O) groups excluding carboxylic acids is 1. The van der Waals surface area contributed by atoms with Crippen molar-refractivity contribution in [3.63, 3.8) is 0 Å². The zero-order chi connectivity index (χ0) is 22.9. The van der Waals surface area contributed by atoms with Crippen molar-refractivity contribution >= 4 is 68.1 Å². The Bertz CT molecular complexity index is 1300. The Labute approximate surface area is 194 Å². The predicted molar refractivity (Wildman–Crippen MR) is 127 cm³/mol. The van der Waals surface area contributed by atoms with Crippen molar-refractivity contribution in [2.24, 2.45) is 0 Å². The van der Waals surface area contributed by atoms with Crippen molar-refractivity contribution in [2.75, 3.05) is 35.4 Å². The van der Waals surface area contributed by atoms with Crippen LogP contribution in [-0.4, -0.2) is 44.1 Å². The van der Waals surface area contributed by atoms with Gasteiger partial charge in [0.15, 0.2) is 5.82 Å². The van der Waals surface area contributed by atoms with E-state index < -0.39 is 10.0 Å². The number of fused-ring (bicyclic) bond motifs is 1. The van der Waals surface area contributed by atoms with Crippen LogP contribution in [0.25, 0.3) is 0 Å². The number of nitrogens with one attached hydrogen (secondary N) is 3. The molecule has 0 saturated carbocycles. The zero-order valence-corrected chi connectivity index (χ0v) is 19.5. The Morgan fingerprint density at radius 1 is 1.12 bits per heavy atom. The van der Waals surface area contributed by atoms with Gasteiger partial charge in [0.1, 0.15) is 5.02 Å². The van der Waals surface area contributed by atoms with Gasteiger partial charge in [-0.15, -0.1) is 11.8 Å². The fourth-order valence-electron chi connectivity index (χ4n) is 2.99. The number of sulfonamides is 1. The molecular formula is C20H19ClN6O3S2. The molecule has 2 aromatic carbocycles. The molecule has 0 unspecified atom stereocenters. The maximum absolute atomic E-state index is 12.0. The van der Waals surface area contributed by atoms with Crippen LogP contribution >= 0.6 is 23.4 Å². The molecule has 2 heterocycles. The quantitative estimate of drug-likeness (QED) is 0.480. The van der Waals surface area contributed by atoms with Crippen molar-refractivity contribution < 1.29 is 13.2 Å². The summed E-state index contributed by atoms with van der Waals surface area (Å²) >= 11 is 7.78. The third-order valence-electron chi connectivity index (χ3n) is 4.72. The fraction of sp³-hybridized carbons (Fsp3) is 0.150. The van der Waals surface area contributed by atoms with E-state index in [1.807, 2.05) is 18.2 Å². The van der Waals surface area contributed by atoms with Gasteiger partial charge in [-0.1, -0.05) is 17.7 Å². The SMILES string of the molecule is CNS(=O)(=O)c1cccc(Nc2ncc(Cl)c(Nc3ccc4c(c3)N(C)C(=O)CS4)n2)c1. The standard InChI is InChI=1S/C20H19ClN6O3S2/c1-22-32(29,30)14-5-3-4-12(8-14)25-20-23-10-15(21)19(26-20)24-13-6-7-17-16(9-13)27(2)18(28)11-31-17/h3-10,22H,11H2,1-2H3,(H2,23,24,25,26). The molecule has 0 spiro atoms. The summed E-state index contributed by atoms with van der Waals surface area (Å²) in [5.41, 5.74) is 2.02. The van der Waals surface area contributed by atoms with E-state index >= 15 is 0 Å². The second kappa shape index (κ2) is 8.94. The van der Waals surface area contributed by atoms with Crippen LogP contribution in [0.2, 0.25) is 5.02 Å². The molecule has 0 aliphatic carbocycles. The summed E-state index contributed by atoms with van der Waals surface area (Å²) in [6.45, 7) is 0. The van der Waals surface area contributed by atoms with Crippen LogP contribution < -0.4 is 20.3 Å². The minimum absolute atomic E-state index is 0.0359. The predicted octanol–water partition coefficient (Wildman–Crippen LogP) is 3.59. The average molecular weight is 491 g/mol. The second-order valence-electron chi connectivity index (χ2n) is 6.80. The summed E-state index contributed by atoms with van der Waals surface area (Å²) in [5, 5.41) is 6.44. The molecule has 0 saturated heterocycles. The van der Waals surface area contributed by atoms with E-state index in [1.165, 1.54) is 37.1 Å². The maximum atomic E-state index is 12.0. The molecule has 9 nitrogen and oxygen atoms in total. The molecule has 12 heteroatoms. The minimum atomic E-state index is -3.58. The first-order valence-corrected chi connectivity index (χ1v) is 12.2. The van der Waals surface area contributed by atoms with Crippen LogP contribution in [0.4, 0.5) is 28.8 Å². The van der Waals surface area contributed by atoms with Gasteiger partial charge in [0, 0.05) is 23.3 Å². The third kappa shape index (κ3) is 4.65. The largest absolute Gasteiger partial charge is 0.339 e. The van der Waals surface area contributed by atoms with E-state index in [1.54, 1.807) is 24.1 Å². The number of halogens is 1. The van der Waals surface area contributed by atoms with Crippen LogP contribution in [0, 0.1) is 0 Å². The molecule has 0 fully saturated rings. The maximum Gasteiger partial charge on any atom is 0.240 e. The third-order valence-corrected chi connectivity index (χ3v) is 7.46. The van der Waals surface area contributed by atoms with Crippen LogP contribution in [-0.2, 0) is 14.8 Å². The van der Waals surface area contributed by atoms with E-state index in [0.29, 0.717) is 28.0 Å². The first kappa shape index (κ1) is 22.3. The van der Waals surface area contributed by atoms with Crippen LogP contribution in [0.5, 0.6) is 0 Å². The Morgan fingerprint density at radius 2 is 1.91 bits per heavy atom. The highest BCUT2D eigenvalue weighted by atomic mass is 35.5. The van der Waals surface area contributed by atoms with E-state index in [2.05, 4.69) is 25.3 Å². The fourth-order valence-corrected chi connectivity index (χ4v) is 4.88. The molecule has 32 heavy (non-hydrogen) atoms. The number of anilines is 5. The number of hydrogen-bond donors (Lipinski definition) is 3. The smallest absolute Gasteiger partial charge is 0.240 e. The lowest BCUT2D eigenvalue weighted by Gasteiger charge is -2.25. The molecule has 4 rings (SSSR count). The van der Waals surface area contributed by atoms with Crippen molar-refractivity contribution in [3.8, 4) is 0 Å². The molecule has 1 aromatic heterocycles. The van der Waals surface area contributed by atoms with Gasteiger partial charge in [-0.25, -0.2) is 18.1 Å². The molecular weight excluding hydrogens is 472 g/mol. The number of thioether (sulfide) groups is 1. The van der Waals surface area contributed by atoms with Gasteiger partial charge in [0.25, 0.3) is 0 Å². The van der Waals surface area contributed by atoms with Crippen LogP contribution in [0.15, 0.2) is 58.5 Å². The van der Waals surface area contributed by atoms with E-state index in [0.717, 1.165) is 10.6 Å². The van der Waals surface area contributed by atoms with E-state index in [4.69, 9.17) is 11.6 Å². The lowest BCUT2D eigenvalue weighted by Crippen LogP contribution is -2.31. The van der Waals surface area contributed by atoms with Gasteiger partial charge in [-0.05, 0) is 43.4 Å². The normalized spacial score (nSPS) is 13.6. The van der Waals surface area contributed by atoms with Gasteiger partial charge in [0.05, 0.1) is 22.5 Å². The Morgan fingerprint density at radius 3 is 2.69 bits per heavy atom. The number of rotatable bonds is 6. The summed E-state index contributed by atoms with van der Waals surface area (Å²) in [4.78, 5) is 23.3. The number of carbonyl (C=O) groups is 1. The van der Waals surface area contributed by atoms with E-state index in [9.17, 15) is 13.2 Å². The molecule has 3 N–H and O–H groups in total. The average Bonchev–Trinajstić information content (AvgIpc) is 2.79. The molecule has 1 amide bonds. The summed E-state index contributed by atoms with van der Waals surface area (Å²) in [7, 11) is -0.486. The molecule has 0 atom stereocenters. The van der Waals surface area contributed by atoms with Crippen molar-refractivity contribution in [2.45, 2.75) is 9.79 Å². The zero-order valence-electron chi connectivity index (χ0n) is 17.1. The lowest BCUT2D eigenvalue weighted by atomic mass is 10.2. The molecule has 0 bridgehead atoms. The molecule has 166 valence electrons. The number of benzene rings is 2. The summed E-state index contributed by atoms with van der Waals surface area (Å²) in [6.07, 6.45) is 1.44. The van der Waals surface area contributed by atoms with Gasteiger partial charge < -0.3 is 15.5 Å². The summed E-state index contributed by atoms with van der Waals surface area (Å²) in [5.74, 6) is 1.05. The van der Waals surface area contributed by atoms with Gasteiger partial charge in [-0.2, -0.15) is 4.98 Å². The van der Waals surface area contributed by atoms with Crippen LogP contribution in [0.1, 0.15) is 0 Å². The van der Waals surface area contributed by atoms with Gasteiger partial charge in [-0.3, -0.25) is 4.79 Å². The molecule has 3 aromatic rings. The Kier molecular flexibility index (Phi) is 6.24. The Hall–Kier alpha value is -2.86. The first-order valence-electron chi connectivity index (χ1n) is 9.40. The highest BCUT2D eigenvalue weighted by Gasteiger charge is 2.22. The topological polar surface area (TPSA) is 116 Å². The second-order valence-corrected chi connectivity index (χ2v) is 10.1. The van der Waals surface area contributed by atoms with Gasteiger partial charge >= 0.3 is 0 Å². The molecule has 1 aliphatic heterocycles. The molecule has 1 aliphatic rings. The number of amides is 1. The first-order chi connectivity index (χ1) is 15.3. The minimum Gasteiger partial charge on any atom is -0.339 e. The number of hydrogen-bond acceptors (Lipinski definition) is 8. The summed E-state index contributed by atoms with van der Waals surface area (Å²) < 4.78 is 26.3. The Balaban J connectivity index is 1.58. The highest BCUT2D eigenvalue weighted by molar-refractivity contribution is 8.00. The summed E-state index contributed by atoms with van der Waals surface area (Å²) in [6, 6.07) is 12.0. The lowest BCUT2D eigenvalue weighted by molar-refractivity contribution is -0.116. The van der Waals surface area contributed by atoms with Crippen molar-refractivity contribution in [1.82, 2.24) is 14.7 Å². The van der Waals surface area contributed by atoms with Crippen LogP contribution in [0.3, 0.4) is 0 Å². The van der Waals surface area contributed by atoms with Crippen molar-refractivity contribution in [3.05, 3.63) is 53.7 Å². The monoisotopic (exact) mass is 490 g/mol. The van der Waals surface area contributed by atoms with Gasteiger partial charge in [0.2, 0.25) is 21.9 Å². The van der Waals surface area contributed by atoms with Crippen molar-refractivity contribution in [1.29, 1.82) is 0 Å². The van der Waals surface area contributed by atoms with E-state index in [-0.39, 0.29) is 16.8 Å². The number of aromatic nitrogens is 2. The highest BCUT2D eigenvalue weighted by Crippen LogP contribution is 2.37.